The highest BCUT2D eigenvalue weighted by atomic mass is 35.5. The zero-order valence-corrected chi connectivity index (χ0v) is 16.9. The van der Waals surface area contributed by atoms with Crippen molar-refractivity contribution in [3.63, 3.8) is 0 Å². The molecule has 31 heavy (non-hydrogen) atoms. The van der Waals surface area contributed by atoms with Crippen LogP contribution in [0.4, 0.5) is 20.3 Å². The number of alkyl halides is 3. The Hall–Kier alpha value is -3.24. The maximum Gasteiger partial charge on any atom is 0.487 e. The first-order valence-corrected chi connectivity index (χ1v) is 9.76. The summed E-state index contributed by atoms with van der Waals surface area (Å²) in [5.41, 5.74) is -1.61. The number of ether oxygens (including phenoxy) is 2. The molecule has 1 aliphatic heterocycles. The van der Waals surface area contributed by atoms with Crippen LogP contribution in [-0.2, 0) is 4.74 Å². The molecule has 1 aliphatic rings. The summed E-state index contributed by atoms with van der Waals surface area (Å²) in [4.78, 5) is 19.4. The molecule has 162 valence electrons. The van der Waals surface area contributed by atoms with Crippen molar-refractivity contribution in [2.75, 3.05) is 36.5 Å². The van der Waals surface area contributed by atoms with Gasteiger partial charge < -0.3 is 19.7 Å². The van der Waals surface area contributed by atoms with E-state index < -0.39 is 11.5 Å². The van der Waals surface area contributed by atoms with E-state index in [1.54, 1.807) is 18.3 Å². The summed E-state index contributed by atoms with van der Waals surface area (Å²) in [6.07, 6.45) is 3.12. The quantitative estimate of drug-likeness (QED) is 0.557. The van der Waals surface area contributed by atoms with Crippen LogP contribution in [0.25, 0.3) is 11.3 Å². The molecule has 11 heteroatoms. The van der Waals surface area contributed by atoms with Gasteiger partial charge in [-0.2, -0.15) is 5.10 Å². The van der Waals surface area contributed by atoms with E-state index in [0.29, 0.717) is 37.6 Å². The summed E-state index contributed by atoms with van der Waals surface area (Å²) in [6, 6.07) is 8.95. The zero-order chi connectivity index (χ0) is 21.8. The van der Waals surface area contributed by atoms with Crippen molar-refractivity contribution in [1.29, 1.82) is 0 Å². The number of aromatic nitrogens is 3. The number of rotatable bonds is 6. The van der Waals surface area contributed by atoms with Crippen LogP contribution in [0.3, 0.4) is 0 Å². The highest BCUT2D eigenvalue weighted by Gasteiger charge is 2.27. The van der Waals surface area contributed by atoms with Gasteiger partial charge in [0.25, 0.3) is 5.91 Å². The minimum absolute atomic E-state index is 0.129. The van der Waals surface area contributed by atoms with E-state index in [9.17, 15) is 13.6 Å². The highest BCUT2D eigenvalue weighted by molar-refractivity contribution is 6.20. The third-order valence-corrected chi connectivity index (χ3v) is 4.65. The maximum atomic E-state index is 12.8. The molecule has 0 radical (unpaired) electrons. The van der Waals surface area contributed by atoms with Crippen molar-refractivity contribution in [3.05, 3.63) is 54.4 Å². The molecule has 4 rings (SSSR count). The van der Waals surface area contributed by atoms with Gasteiger partial charge in [0.05, 0.1) is 24.5 Å². The monoisotopic (exact) mass is 449 g/mol. The predicted octanol–water partition coefficient (Wildman–Crippen LogP) is 3.73. The molecule has 1 saturated heterocycles. The summed E-state index contributed by atoms with van der Waals surface area (Å²) in [7, 11) is 0. The number of hydrogen-bond donors (Lipinski definition) is 2. The molecule has 2 aromatic heterocycles. The number of nitrogens with one attached hydrogen (secondary N) is 2. The lowest BCUT2D eigenvalue weighted by Crippen LogP contribution is -2.37. The lowest BCUT2D eigenvalue weighted by molar-refractivity contribution is -0.0964. The second-order valence-corrected chi connectivity index (χ2v) is 7.13. The maximum absolute atomic E-state index is 12.8. The zero-order valence-electron chi connectivity index (χ0n) is 16.1. The molecule has 0 aliphatic carbocycles. The van der Waals surface area contributed by atoms with Crippen LogP contribution in [0.1, 0.15) is 10.4 Å². The number of pyridine rings is 1. The molecule has 1 amide bonds. The number of carbonyl (C=O) groups is 1. The van der Waals surface area contributed by atoms with Crippen LogP contribution in [0, 0.1) is 0 Å². The lowest BCUT2D eigenvalue weighted by atomic mass is 10.1. The molecule has 8 nitrogen and oxygen atoms in total. The molecular formula is C20H18ClF2N5O3. The Morgan fingerprint density at radius 3 is 2.61 bits per heavy atom. The fourth-order valence-corrected chi connectivity index (χ4v) is 3.25. The Balaban J connectivity index is 1.55. The Kier molecular flexibility index (Phi) is 6.01. The van der Waals surface area contributed by atoms with Crippen LogP contribution >= 0.6 is 11.6 Å². The number of aromatic amines is 1. The Morgan fingerprint density at radius 1 is 1.23 bits per heavy atom. The number of anilines is 2. The Morgan fingerprint density at radius 2 is 1.97 bits per heavy atom. The van der Waals surface area contributed by atoms with E-state index in [0.717, 1.165) is 17.1 Å². The van der Waals surface area contributed by atoms with Crippen molar-refractivity contribution >= 4 is 29.0 Å². The van der Waals surface area contributed by atoms with Crippen molar-refractivity contribution in [3.8, 4) is 17.0 Å². The molecule has 1 aromatic carbocycles. The van der Waals surface area contributed by atoms with Gasteiger partial charge in [-0.15, -0.1) is 8.78 Å². The summed E-state index contributed by atoms with van der Waals surface area (Å²) in [5, 5.41) is 9.60. The summed E-state index contributed by atoms with van der Waals surface area (Å²) < 4.78 is 35.1. The smallest absolute Gasteiger partial charge is 0.420 e. The normalized spacial score (nSPS) is 14.4. The van der Waals surface area contributed by atoms with Gasteiger partial charge in [-0.1, -0.05) is 0 Å². The van der Waals surface area contributed by atoms with Gasteiger partial charge in [0, 0.05) is 48.3 Å². The molecule has 3 heterocycles. The van der Waals surface area contributed by atoms with Gasteiger partial charge in [0.1, 0.15) is 11.6 Å². The van der Waals surface area contributed by atoms with Crippen LogP contribution in [0.5, 0.6) is 5.75 Å². The van der Waals surface area contributed by atoms with Gasteiger partial charge in [-0.25, -0.2) is 4.98 Å². The highest BCUT2D eigenvalue weighted by Crippen LogP contribution is 2.30. The summed E-state index contributed by atoms with van der Waals surface area (Å²) in [5.74, 6) is 0.196. The van der Waals surface area contributed by atoms with Gasteiger partial charge in [0.15, 0.2) is 0 Å². The molecule has 3 aromatic rings. The Bertz CT molecular complexity index is 1040. The molecule has 0 spiro atoms. The van der Waals surface area contributed by atoms with Crippen molar-refractivity contribution in [2.45, 2.75) is 5.57 Å². The molecule has 2 N–H and O–H groups in total. The van der Waals surface area contributed by atoms with Crippen LogP contribution in [0.2, 0.25) is 0 Å². The van der Waals surface area contributed by atoms with Gasteiger partial charge in [-0.05, 0) is 36.4 Å². The summed E-state index contributed by atoms with van der Waals surface area (Å²) >= 11 is 4.75. The largest absolute Gasteiger partial charge is 0.487 e. The van der Waals surface area contributed by atoms with Gasteiger partial charge >= 0.3 is 5.57 Å². The molecule has 0 unspecified atom stereocenters. The molecular weight excluding hydrogens is 432 g/mol. The van der Waals surface area contributed by atoms with Crippen LogP contribution in [0.15, 0.2) is 48.8 Å². The average molecular weight is 450 g/mol. The number of amides is 1. The van der Waals surface area contributed by atoms with Crippen molar-refractivity contribution < 1.29 is 23.0 Å². The second kappa shape index (κ2) is 8.86. The first kappa shape index (κ1) is 21.0. The number of nitrogens with zero attached hydrogens (tertiary/aromatic N) is 3. The number of morpholine rings is 1. The molecule has 1 fully saturated rings. The topological polar surface area (TPSA) is 92.4 Å². The fraction of sp³-hybridized carbons (Fsp3) is 0.250. The van der Waals surface area contributed by atoms with Crippen molar-refractivity contribution in [1.82, 2.24) is 15.2 Å². The van der Waals surface area contributed by atoms with E-state index in [4.69, 9.17) is 16.3 Å². The van der Waals surface area contributed by atoms with E-state index in [1.165, 1.54) is 30.5 Å². The standard InChI is InChI=1S/C20H18ClF2N5O3/c21-20(22,23)31-15-3-1-14(2-4-15)26-19(29)13-11-16(17-5-6-25-27-17)18(24-12-13)28-7-9-30-10-8-28/h1-6,11-12H,7-10H2,(H,25,27)(H,26,29). The summed E-state index contributed by atoms with van der Waals surface area (Å²) in [6.45, 7) is 2.58. The van der Waals surface area contributed by atoms with Crippen molar-refractivity contribution in [2.24, 2.45) is 0 Å². The lowest BCUT2D eigenvalue weighted by Gasteiger charge is -2.29. The first-order valence-electron chi connectivity index (χ1n) is 9.39. The van der Waals surface area contributed by atoms with Crippen LogP contribution in [-0.4, -0.2) is 53.0 Å². The SMILES string of the molecule is O=C(Nc1ccc(OC(F)(F)Cl)cc1)c1cnc(N2CCOCC2)c(-c2ccn[nH]2)c1. The van der Waals surface area contributed by atoms with Crippen LogP contribution < -0.4 is 15.0 Å². The van der Waals surface area contributed by atoms with E-state index in [1.807, 2.05) is 0 Å². The number of carbonyl (C=O) groups excluding carboxylic acids is 1. The third-order valence-electron chi connectivity index (χ3n) is 4.58. The molecule has 0 bridgehead atoms. The number of halogens is 3. The van der Waals surface area contributed by atoms with E-state index in [-0.39, 0.29) is 5.75 Å². The first-order chi connectivity index (χ1) is 14.9. The predicted molar refractivity (Wildman–Crippen MR) is 111 cm³/mol. The fourth-order valence-electron chi connectivity index (χ4n) is 3.16. The van der Waals surface area contributed by atoms with Gasteiger partial charge in [0.2, 0.25) is 0 Å². The minimum atomic E-state index is -3.80. The minimum Gasteiger partial charge on any atom is -0.420 e. The Labute approximate surface area is 181 Å². The number of benzene rings is 1. The second-order valence-electron chi connectivity index (χ2n) is 6.69. The average Bonchev–Trinajstić information content (AvgIpc) is 3.29. The molecule has 0 saturated carbocycles. The van der Waals surface area contributed by atoms with E-state index in [2.05, 4.69) is 30.1 Å². The molecule has 0 atom stereocenters. The van der Waals surface area contributed by atoms with E-state index >= 15 is 0 Å². The third kappa shape index (κ3) is 5.28. The van der Waals surface area contributed by atoms with Gasteiger partial charge in [-0.3, -0.25) is 9.89 Å². The number of hydrogen-bond acceptors (Lipinski definition) is 6. The number of H-pyrrole nitrogens is 1.